The summed E-state index contributed by atoms with van der Waals surface area (Å²) in [5.41, 5.74) is 0. The van der Waals surface area contributed by atoms with Crippen LogP contribution in [0.2, 0.25) is 0 Å². The highest BCUT2D eigenvalue weighted by Gasteiger charge is 2.30. The Morgan fingerprint density at radius 2 is 0.623 bits per heavy atom. The van der Waals surface area contributed by atoms with E-state index in [1.807, 2.05) is 0 Å². The number of carbonyl (C=O) groups excluding carboxylic acids is 4. The zero-order chi connectivity index (χ0) is 57.1. The van der Waals surface area contributed by atoms with Crippen molar-refractivity contribution < 1.29 is 80.2 Å². The van der Waals surface area contributed by atoms with Gasteiger partial charge in [0.25, 0.3) is 0 Å². The SMILES string of the molecule is CCCCCCCC(=O)OC[C@H](COP(=O)(O)OC[C@H](O)COP(=O)(O)OC[C@@H](COC(=O)CCCCCCC)OC(=O)CCCCCCCCCCCCCCCCCCCCC(C)CC)OC(=O)CCCCCCC. The molecule has 0 fully saturated rings. The van der Waals surface area contributed by atoms with Crippen LogP contribution < -0.4 is 0 Å². The number of esters is 4. The van der Waals surface area contributed by atoms with E-state index in [2.05, 4.69) is 34.6 Å². The summed E-state index contributed by atoms with van der Waals surface area (Å²) >= 11 is 0. The summed E-state index contributed by atoms with van der Waals surface area (Å²) in [7, 11) is -9.84. The Hall–Kier alpha value is -1.94. The van der Waals surface area contributed by atoms with Gasteiger partial charge >= 0.3 is 39.5 Å². The van der Waals surface area contributed by atoms with Crippen LogP contribution in [-0.2, 0) is 65.4 Å². The van der Waals surface area contributed by atoms with Crippen LogP contribution in [0.15, 0.2) is 0 Å². The van der Waals surface area contributed by atoms with Gasteiger partial charge in [-0.1, -0.05) is 234 Å². The number of aliphatic hydroxyl groups excluding tert-OH is 1. The van der Waals surface area contributed by atoms with Crippen molar-refractivity contribution in [3.05, 3.63) is 0 Å². The molecule has 0 radical (unpaired) electrons. The minimum atomic E-state index is -4.93. The molecular weight excluding hydrogens is 1030 g/mol. The minimum Gasteiger partial charge on any atom is -0.462 e. The quantitative estimate of drug-likeness (QED) is 0.0222. The molecule has 0 saturated carbocycles. The monoisotopic (exact) mass is 1140 g/mol. The Morgan fingerprint density at radius 3 is 0.922 bits per heavy atom. The van der Waals surface area contributed by atoms with Gasteiger partial charge < -0.3 is 33.8 Å². The number of ether oxygens (including phenoxy) is 4. The second kappa shape index (κ2) is 52.2. The molecule has 0 aliphatic rings. The summed E-state index contributed by atoms with van der Waals surface area (Å²) in [6, 6.07) is 0. The van der Waals surface area contributed by atoms with Gasteiger partial charge in [0.1, 0.15) is 19.3 Å². The van der Waals surface area contributed by atoms with E-state index in [1.165, 1.54) is 96.3 Å². The lowest BCUT2D eigenvalue weighted by Crippen LogP contribution is -2.30. The third-order valence-electron chi connectivity index (χ3n) is 13.6. The van der Waals surface area contributed by atoms with Gasteiger partial charge in [-0.25, -0.2) is 9.13 Å². The first-order valence-electron chi connectivity index (χ1n) is 30.7. The van der Waals surface area contributed by atoms with Crippen LogP contribution in [0.5, 0.6) is 0 Å². The summed E-state index contributed by atoms with van der Waals surface area (Å²) in [4.78, 5) is 71.1. The van der Waals surface area contributed by atoms with Crippen LogP contribution >= 0.6 is 15.6 Å². The molecule has 19 heteroatoms. The molecule has 17 nitrogen and oxygen atoms in total. The van der Waals surface area contributed by atoms with Crippen LogP contribution in [-0.4, -0.2) is 96.7 Å². The second-order valence-corrected chi connectivity index (χ2v) is 24.2. The zero-order valence-electron chi connectivity index (χ0n) is 49.1. The van der Waals surface area contributed by atoms with Gasteiger partial charge in [0, 0.05) is 25.7 Å². The van der Waals surface area contributed by atoms with E-state index in [0.29, 0.717) is 25.7 Å². The number of phosphoric acid groups is 2. The Bertz CT molecular complexity index is 1520. The molecule has 0 rings (SSSR count). The molecule has 0 heterocycles. The minimum absolute atomic E-state index is 0.0987. The number of hydrogen-bond donors (Lipinski definition) is 3. The Labute approximate surface area is 467 Å². The van der Waals surface area contributed by atoms with Gasteiger partial charge in [-0.05, 0) is 31.6 Å². The van der Waals surface area contributed by atoms with Gasteiger partial charge in [0.15, 0.2) is 12.2 Å². The van der Waals surface area contributed by atoms with Crippen LogP contribution in [0.25, 0.3) is 0 Å². The first kappa shape index (κ1) is 75.1. The average Bonchev–Trinajstić information content (AvgIpc) is 3.40. The molecule has 77 heavy (non-hydrogen) atoms. The first-order chi connectivity index (χ1) is 37.1. The van der Waals surface area contributed by atoms with Gasteiger partial charge in [-0.15, -0.1) is 0 Å². The van der Waals surface area contributed by atoms with Crippen molar-refractivity contribution in [2.24, 2.45) is 5.92 Å². The number of hydrogen-bond acceptors (Lipinski definition) is 15. The lowest BCUT2D eigenvalue weighted by Gasteiger charge is -2.21. The van der Waals surface area contributed by atoms with Crippen molar-refractivity contribution >= 4 is 39.5 Å². The summed E-state index contributed by atoms with van der Waals surface area (Å²) in [5, 5.41) is 10.4. The van der Waals surface area contributed by atoms with E-state index in [4.69, 9.17) is 37.0 Å². The van der Waals surface area contributed by atoms with Crippen molar-refractivity contribution in [1.82, 2.24) is 0 Å². The lowest BCUT2D eigenvalue weighted by molar-refractivity contribution is -0.161. The molecule has 456 valence electrons. The van der Waals surface area contributed by atoms with E-state index in [9.17, 15) is 43.2 Å². The molecule has 0 amide bonds. The fourth-order valence-corrected chi connectivity index (χ4v) is 10.1. The average molecular weight is 1140 g/mol. The molecule has 0 bridgehead atoms. The Balaban J connectivity index is 4.86. The van der Waals surface area contributed by atoms with Crippen molar-refractivity contribution in [3.8, 4) is 0 Å². The van der Waals surface area contributed by atoms with E-state index >= 15 is 0 Å². The molecule has 3 unspecified atom stereocenters. The smallest absolute Gasteiger partial charge is 0.462 e. The van der Waals surface area contributed by atoms with Crippen LogP contribution in [0.1, 0.15) is 285 Å². The molecule has 0 aromatic rings. The maximum Gasteiger partial charge on any atom is 0.472 e. The van der Waals surface area contributed by atoms with E-state index in [1.54, 1.807) is 0 Å². The fourth-order valence-electron chi connectivity index (χ4n) is 8.49. The van der Waals surface area contributed by atoms with Crippen molar-refractivity contribution in [2.45, 2.75) is 303 Å². The van der Waals surface area contributed by atoms with Gasteiger partial charge in [0.05, 0.1) is 26.4 Å². The van der Waals surface area contributed by atoms with Crippen molar-refractivity contribution in [3.63, 3.8) is 0 Å². The number of unbranched alkanes of at least 4 members (excludes halogenated alkanes) is 29. The molecule has 6 atom stereocenters. The third kappa shape index (κ3) is 51.9. The van der Waals surface area contributed by atoms with E-state index in [0.717, 1.165) is 109 Å². The van der Waals surface area contributed by atoms with E-state index in [-0.39, 0.29) is 25.7 Å². The standard InChI is InChI=1S/C58H112O17P2/c1-6-10-13-30-36-41-55(60)68-47-53(74-57(62)43-38-32-15-12-8-3)49-72-76(64,65)70-45-52(59)46-71-77(66,67)73-50-54(48-69-56(61)42-37-31-14-11-7-2)75-58(63)44-39-34-29-27-25-23-21-19-17-16-18-20-22-24-26-28-33-35-40-51(5)9-4/h51-54,59H,6-50H2,1-5H3,(H,64,65)(H,66,67)/t51?,52-,53+,54+/m0/s1. The Morgan fingerprint density at radius 1 is 0.364 bits per heavy atom. The van der Waals surface area contributed by atoms with Gasteiger partial charge in [-0.2, -0.15) is 0 Å². The molecule has 0 aliphatic heterocycles. The number of aliphatic hydroxyl groups is 1. The van der Waals surface area contributed by atoms with Crippen LogP contribution in [0.4, 0.5) is 0 Å². The van der Waals surface area contributed by atoms with E-state index < -0.39 is 97.5 Å². The predicted octanol–water partition coefficient (Wildman–Crippen LogP) is 15.5. The molecular formula is C58H112O17P2. The maximum absolute atomic E-state index is 12.9. The summed E-state index contributed by atoms with van der Waals surface area (Å²) in [6.45, 7) is 6.94. The molecule has 0 spiro atoms. The highest BCUT2D eigenvalue weighted by atomic mass is 31.2. The summed E-state index contributed by atoms with van der Waals surface area (Å²) in [5.74, 6) is -1.31. The highest BCUT2D eigenvalue weighted by Crippen LogP contribution is 2.45. The number of rotatable bonds is 58. The van der Waals surface area contributed by atoms with Crippen molar-refractivity contribution in [2.75, 3.05) is 39.6 Å². The zero-order valence-corrected chi connectivity index (χ0v) is 50.9. The fraction of sp³-hybridized carbons (Fsp3) is 0.931. The van der Waals surface area contributed by atoms with Gasteiger partial charge in [0.2, 0.25) is 0 Å². The molecule has 0 aromatic heterocycles. The largest absolute Gasteiger partial charge is 0.472 e. The second-order valence-electron chi connectivity index (χ2n) is 21.3. The third-order valence-corrected chi connectivity index (χ3v) is 15.5. The van der Waals surface area contributed by atoms with Crippen LogP contribution in [0.3, 0.4) is 0 Å². The molecule has 3 N–H and O–H groups in total. The topological polar surface area (TPSA) is 237 Å². The van der Waals surface area contributed by atoms with Crippen LogP contribution in [0, 0.1) is 5.92 Å². The molecule has 0 aromatic carbocycles. The lowest BCUT2D eigenvalue weighted by atomic mass is 9.99. The summed E-state index contributed by atoms with van der Waals surface area (Å²) in [6.07, 6.45) is 34.8. The number of phosphoric ester groups is 2. The summed E-state index contributed by atoms with van der Waals surface area (Å²) < 4.78 is 67.0. The first-order valence-corrected chi connectivity index (χ1v) is 33.7. The maximum atomic E-state index is 12.9. The number of carbonyl (C=O) groups is 4. The highest BCUT2D eigenvalue weighted by molar-refractivity contribution is 7.47. The molecule has 0 aliphatic carbocycles. The Kier molecular flexibility index (Phi) is 50.8. The normalized spacial score (nSPS) is 14.8. The van der Waals surface area contributed by atoms with Crippen molar-refractivity contribution in [1.29, 1.82) is 0 Å². The molecule has 0 saturated heterocycles. The van der Waals surface area contributed by atoms with Gasteiger partial charge in [-0.3, -0.25) is 37.3 Å². The predicted molar refractivity (Wildman–Crippen MR) is 303 cm³/mol.